The van der Waals surface area contributed by atoms with Crippen molar-refractivity contribution in [1.29, 1.82) is 0 Å². The second-order valence-corrected chi connectivity index (χ2v) is 5.69. The lowest BCUT2D eigenvalue weighted by molar-refractivity contribution is 0.132. The van der Waals surface area contributed by atoms with Crippen molar-refractivity contribution in [2.24, 2.45) is 0 Å². The number of pyridine rings is 1. The van der Waals surface area contributed by atoms with Crippen LogP contribution < -0.4 is 0 Å². The summed E-state index contributed by atoms with van der Waals surface area (Å²) in [5.74, 6) is 0. The first kappa shape index (κ1) is 16.7. The van der Waals surface area contributed by atoms with Gasteiger partial charge in [-0.05, 0) is 37.0 Å². The number of rotatable bonds is 11. The number of hydrogen-bond acceptors (Lipinski definition) is 2. The standard InChI is InChI=1S/C20H27NO/c1(2-5-11-19-12-6-4-7-13-19)3-10-17-22-18-15-20-14-8-9-16-21-20/h4,6-9,12-14,16H,1-3,5,10-11,15,17-18H2. The Morgan fingerprint density at radius 3 is 2.27 bits per heavy atom. The Morgan fingerprint density at radius 1 is 0.682 bits per heavy atom. The summed E-state index contributed by atoms with van der Waals surface area (Å²) < 4.78 is 5.67. The zero-order valence-corrected chi connectivity index (χ0v) is 13.4. The molecule has 0 aliphatic rings. The molecule has 0 spiro atoms. The van der Waals surface area contributed by atoms with Gasteiger partial charge in [-0.15, -0.1) is 0 Å². The Bertz CT molecular complexity index is 436. The molecule has 1 aromatic carbocycles. The molecule has 0 unspecified atom stereocenters. The number of hydrogen-bond donors (Lipinski definition) is 0. The average Bonchev–Trinajstić information content (AvgIpc) is 2.58. The van der Waals surface area contributed by atoms with E-state index < -0.39 is 0 Å². The lowest BCUT2D eigenvalue weighted by atomic mass is 10.1. The Balaban J connectivity index is 1.37. The molecule has 0 saturated carbocycles. The van der Waals surface area contributed by atoms with Gasteiger partial charge in [-0.1, -0.05) is 55.7 Å². The maximum Gasteiger partial charge on any atom is 0.0521 e. The molecule has 1 aromatic heterocycles. The zero-order valence-electron chi connectivity index (χ0n) is 13.4. The van der Waals surface area contributed by atoms with Gasteiger partial charge in [-0.2, -0.15) is 0 Å². The Morgan fingerprint density at radius 2 is 1.45 bits per heavy atom. The van der Waals surface area contributed by atoms with Crippen LogP contribution in [0.5, 0.6) is 0 Å². The van der Waals surface area contributed by atoms with Gasteiger partial charge in [0.2, 0.25) is 0 Å². The molecular weight excluding hydrogens is 270 g/mol. The van der Waals surface area contributed by atoms with Crippen LogP contribution in [0.15, 0.2) is 54.7 Å². The van der Waals surface area contributed by atoms with Crippen molar-refractivity contribution in [2.45, 2.75) is 44.9 Å². The smallest absolute Gasteiger partial charge is 0.0521 e. The van der Waals surface area contributed by atoms with Crippen molar-refractivity contribution in [3.8, 4) is 0 Å². The zero-order chi connectivity index (χ0) is 15.3. The molecule has 1 heterocycles. The van der Waals surface area contributed by atoms with E-state index in [-0.39, 0.29) is 0 Å². The lowest BCUT2D eigenvalue weighted by Crippen LogP contribution is -2.01. The minimum Gasteiger partial charge on any atom is -0.381 e. The van der Waals surface area contributed by atoms with Gasteiger partial charge in [0.15, 0.2) is 0 Å². The fourth-order valence-electron chi connectivity index (χ4n) is 2.53. The van der Waals surface area contributed by atoms with E-state index in [0.717, 1.165) is 25.3 Å². The molecule has 22 heavy (non-hydrogen) atoms. The molecule has 0 aliphatic heterocycles. The van der Waals surface area contributed by atoms with Crippen LogP contribution in [0.25, 0.3) is 0 Å². The summed E-state index contributed by atoms with van der Waals surface area (Å²) in [6, 6.07) is 16.8. The molecule has 2 nitrogen and oxygen atoms in total. The van der Waals surface area contributed by atoms with Crippen LogP contribution in [0.2, 0.25) is 0 Å². The SMILES string of the molecule is c1ccc(CCCCCCCOCCc2ccccn2)cc1. The van der Waals surface area contributed by atoms with Crippen LogP contribution >= 0.6 is 0 Å². The summed E-state index contributed by atoms with van der Waals surface area (Å²) in [6.45, 7) is 1.66. The van der Waals surface area contributed by atoms with Gasteiger partial charge < -0.3 is 4.74 Å². The second kappa shape index (κ2) is 11.0. The summed E-state index contributed by atoms with van der Waals surface area (Å²) in [5, 5.41) is 0. The van der Waals surface area contributed by atoms with Crippen molar-refractivity contribution in [2.75, 3.05) is 13.2 Å². The largest absolute Gasteiger partial charge is 0.381 e. The quantitative estimate of drug-likeness (QED) is 0.554. The second-order valence-electron chi connectivity index (χ2n) is 5.69. The summed E-state index contributed by atoms with van der Waals surface area (Å²) >= 11 is 0. The van der Waals surface area contributed by atoms with Crippen molar-refractivity contribution >= 4 is 0 Å². The summed E-state index contributed by atoms with van der Waals surface area (Å²) in [7, 11) is 0. The van der Waals surface area contributed by atoms with Crippen molar-refractivity contribution in [1.82, 2.24) is 4.98 Å². The molecular formula is C20H27NO. The summed E-state index contributed by atoms with van der Waals surface area (Å²) in [4.78, 5) is 4.29. The third kappa shape index (κ3) is 7.37. The topological polar surface area (TPSA) is 22.1 Å². The first-order valence-electron chi connectivity index (χ1n) is 8.47. The number of nitrogens with zero attached hydrogens (tertiary/aromatic N) is 1. The molecule has 0 saturated heterocycles. The number of aromatic nitrogens is 1. The van der Waals surface area contributed by atoms with E-state index >= 15 is 0 Å². The molecule has 0 atom stereocenters. The molecule has 2 heteroatoms. The molecule has 0 radical (unpaired) electrons. The van der Waals surface area contributed by atoms with E-state index in [2.05, 4.69) is 41.4 Å². The van der Waals surface area contributed by atoms with E-state index in [1.54, 1.807) is 0 Å². The van der Waals surface area contributed by atoms with Gasteiger partial charge in [-0.25, -0.2) is 0 Å². The third-order valence-electron chi connectivity index (χ3n) is 3.83. The molecule has 0 fully saturated rings. The normalized spacial score (nSPS) is 10.7. The molecule has 2 rings (SSSR count). The van der Waals surface area contributed by atoms with Crippen LogP contribution in [0.3, 0.4) is 0 Å². The fourth-order valence-corrected chi connectivity index (χ4v) is 2.53. The van der Waals surface area contributed by atoms with Gasteiger partial charge in [0.05, 0.1) is 6.61 Å². The summed E-state index contributed by atoms with van der Waals surface area (Å²) in [6.07, 6.45) is 10.3. The highest BCUT2D eigenvalue weighted by molar-refractivity contribution is 5.14. The number of ether oxygens (including phenoxy) is 1. The van der Waals surface area contributed by atoms with Gasteiger partial charge in [0.25, 0.3) is 0 Å². The van der Waals surface area contributed by atoms with Gasteiger partial charge in [0.1, 0.15) is 0 Å². The van der Waals surface area contributed by atoms with Crippen LogP contribution in [-0.2, 0) is 17.6 Å². The van der Waals surface area contributed by atoms with Gasteiger partial charge in [-0.3, -0.25) is 4.98 Å². The highest BCUT2D eigenvalue weighted by Gasteiger charge is 1.95. The minimum atomic E-state index is 0.783. The predicted molar refractivity (Wildman–Crippen MR) is 92.0 cm³/mol. The van der Waals surface area contributed by atoms with E-state index in [0.29, 0.717) is 0 Å². The van der Waals surface area contributed by atoms with Crippen molar-refractivity contribution < 1.29 is 4.74 Å². The number of unbranched alkanes of at least 4 members (excludes halogenated alkanes) is 4. The first-order chi connectivity index (χ1) is 10.9. The van der Waals surface area contributed by atoms with Gasteiger partial charge >= 0.3 is 0 Å². The number of aryl methyl sites for hydroxylation is 1. The fraction of sp³-hybridized carbons (Fsp3) is 0.450. The van der Waals surface area contributed by atoms with Crippen LogP contribution in [0.4, 0.5) is 0 Å². The van der Waals surface area contributed by atoms with Gasteiger partial charge in [0, 0.05) is 24.9 Å². The van der Waals surface area contributed by atoms with Crippen LogP contribution in [-0.4, -0.2) is 18.2 Å². The molecule has 118 valence electrons. The minimum absolute atomic E-state index is 0.783. The highest BCUT2D eigenvalue weighted by Crippen LogP contribution is 2.08. The Hall–Kier alpha value is -1.67. The maximum absolute atomic E-state index is 5.67. The molecule has 0 bridgehead atoms. The summed E-state index contributed by atoms with van der Waals surface area (Å²) in [5.41, 5.74) is 2.57. The van der Waals surface area contributed by atoms with Crippen molar-refractivity contribution in [3.63, 3.8) is 0 Å². The lowest BCUT2D eigenvalue weighted by Gasteiger charge is -2.04. The van der Waals surface area contributed by atoms with Crippen LogP contribution in [0.1, 0.15) is 43.4 Å². The van der Waals surface area contributed by atoms with E-state index in [1.807, 2.05) is 18.3 Å². The van der Waals surface area contributed by atoms with E-state index in [4.69, 9.17) is 4.74 Å². The van der Waals surface area contributed by atoms with E-state index in [1.165, 1.54) is 44.1 Å². The Kier molecular flexibility index (Phi) is 8.33. The Labute approximate surface area is 134 Å². The van der Waals surface area contributed by atoms with Crippen molar-refractivity contribution in [3.05, 3.63) is 66.0 Å². The molecule has 2 aromatic rings. The third-order valence-corrected chi connectivity index (χ3v) is 3.83. The molecule has 0 N–H and O–H groups in total. The predicted octanol–water partition coefficient (Wildman–Crippen LogP) is 4.83. The average molecular weight is 297 g/mol. The van der Waals surface area contributed by atoms with E-state index in [9.17, 15) is 0 Å². The molecule has 0 aliphatic carbocycles. The monoisotopic (exact) mass is 297 g/mol. The highest BCUT2D eigenvalue weighted by atomic mass is 16.5. The van der Waals surface area contributed by atoms with Crippen LogP contribution in [0, 0.1) is 0 Å². The first-order valence-corrected chi connectivity index (χ1v) is 8.47. The molecule has 0 amide bonds. The maximum atomic E-state index is 5.67. The number of benzene rings is 1.